The molecular formula is C9H18N2O2S. The van der Waals surface area contributed by atoms with Gasteiger partial charge in [0, 0.05) is 35.9 Å². The standard InChI is InChI=1S/C9H18N2O2S/c1-14(13)6-5-11-9(12)8-3-2-4-10-7-8/h8,10H,2-7H2,1H3,(H,11,12)/t8-,14?/m1/s1. The molecule has 4 nitrogen and oxygen atoms in total. The van der Waals surface area contributed by atoms with Gasteiger partial charge >= 0.3 is 0 Å². The molecule has 0 aromatic carbocycles. The lowest BCUT2D eigenvalue weighted by atomic mass is 9.99. The summed E-state index contributed by atoms with van der Waals surface area (Å²) in [6.07, 6.45) is 3.68. The molecule has 1 aliphatic rings. The van der Waals surface area contributed by atoms with Crippen LogP contribution in [0.1, 0.15) is 12.8 Å². The summed E-state index contributed by atoms with van der Waals surface area (Å²) in [5, 5.41) is 6.01. The van der Waals surface area contributed by atoms with Crippen molar-refractivity contribution in [2.24, 2.45) is 5.92 Å². The van der Waals surface area contributed by atoms with Crippen LogP contribution in [-0.4, -0.2) is 41.8 Å². The van der Waals surface area contributed by atoms with Crippen LogP contribution in [0.3, 0.4) is 0 Å². The highest BCUT2D eigenvalue weighted by Crippen LogP contribution is 2.09. The van der Waals surface area contributed by atoms with E-state index in [-0.39, 0.29) is 11.8 Å². The molecule has 1 unspecified atom stereocenters. The van der Waals surface area contributed by atoms with Crippen LogP contribution < -0.4 is 10.6 Å². The first-order valence-corrected chi connectivity index (χ1v) is 6.71. The normalized spacial score (nSPS) is 24.2. The monoisotopic (exact) mass is 218 g/mol. The number of carbonyl (C=O) groups is 1. The molecule has 0 radical (unpaired) electrons. The molecule has 2 atom stereocenters. The Labute approximate surface area is 87.3 Å². The highest BCUT2D eigenvalue weighted by molar-refractivity contribution is 7.84. The van der Waals surface area contributed by atoms with E-state index in [9.17, 15) is 9.00 Å². The lowest BCUT2D eigenvalue weighted by Gasteiger charge is -2.21. The van der Waals surface area contributed by atoms with Crippen molar-refractivity contribution < 1.29 is 9.00 Å². The minimum absolute atomic E-state index is 0.0997. The Morgan fingerprint density at radius 2 is 2.43 bits per heavy atom. The summed E-state index contributed by atoms with van der Waals surface area (Å²) in [5.41, 5.74) is 0. The molecule has 1 amide bonds. The van der Waals surface area contributed by atoms with Gasteiger partial charge in [-0.05, 0) is 19.4 Å². The molecular weight excluding hydrogens is 200 g/mol. The topological polar surface area (TPSA) is 58.2 Å². The summed E-state index contributed by atoms with van der Waals surface area (Å²) in [6.45, 7) is 2.32. The Balaban J connectivity index is 2.16. The first kappa shape index (κ1) is 11.7. The Hall–Kier alpha value is -0.420. The third-order valence-electron chi connectivity index (χ3n) is 2.36. The molecule has 0 saturated carbocycles. The van der Waals surface area contributed by atoms with E-state index in [1.54, 1.807) is 6.26 Å². The fourth-order valence-electron chi connectivity index (χ4n) is 1.54. The third-order valence-corrected chi connectivity index (χ3v) is 3.14. The van der Waals surface area contributed by atoms with E-state index in [4.69, 9.17) is 0 Å². The van der Waals surface area contributed by atoms with Crippen LogP contribution in [0.5, 0.6) is 0 Å². The zero-order valence-corrected chi connectivity index (χ0v) is 9.36. The third kappa shape index (κ3) is 4.19. The second-order valence-corrected chi connectivity index (χ2v) is 5.17. The van der Waals surface area contributed by atoms with Gasteiger partial charge in [0.1, 0.15) is 0 Å². The Bertz CT molecular complexity index is 215. The summed E-state index contributed by atoms with van der Waals surface area (Å²) in [7, 11) is -0.817. The highest BCUT2D eigenvalue weighted by atomic mass is 32.2. The van der Waals surface area contributed by atoms with Crippen molar-refractivity contribution in [3.63, 3.8) is 0 Å². The number of amides is 1. The van der Waals surface area contributed by atoms with Crippen LogP contribution in [0.4, 0.5) is 0 Å². The summed E-state index contributed by atoms with van der Waals surface area (Å²) < 4.78 is 10.7. The predicted octanol–water partition coefficient (Wildman–Crippen LogP) is -0.519. The second-order valence-electron chi connectivity index (χ2n) is 3.61. The van der Waals surface area contributed by atoms with Gasteiger partial charge in [0.15, 0.2) is 0 Å². The van der Waals surface area contributed by atoms with Crippen LogP contribution in [0.25, 0.3) is 0 Å². The maximum Gasteiger partial charge on any atom is 0.224 e. The van der Waals surface area contributed by atoms with E-state index in [1.165, 1.54) is 0 Å². The Morgan fingerprint density at radius 1 is 1.64 bits per heavy atom. The average Bonchev–Trinajstić information content (AvgIpc) is 2.18. The lowest BCUT2D eigenvalue weighted by Crippen LogP contribution is -2.41. The molecule has 0 spiro atoms. The molecule has 0 aliphatic carbocycles. The zero-order valence-electron chi connectivity index (χ0n) is 8.54. The quantitative estimate of drug-likeness (QED) is 0.667. The van der Waals surface area contributed by atoms with Gasteiger partial charge in [0.25, 0.3) is 0 Å². The molecule has 1 aliphatic heterocycles. The van der Waals surface area contributed by atoms with Crippen molar-refractivity contribution in [1.82, 2.24) is 10.6 Å². The van der Waals surface area contributed by atoms with Crippen molar-refractivity contribution in [3.05, 3.63) is 0 Å². The number of hydrogen-bond acceptors (Lipinski definition) is 3. The van der Waals surface area contributed by atoms with E-state index >= 15 is 0 Å². The maximum absolute atomic E-state index is 11.5. The van der Waals surface area contributed by atoms with Crippen LogP contribution in [0.15, 0.2) is 0 Å². The number of hydrogen-bond donors (Lipinski definition) is 2. The van der Waals surface area contributed by atoms with Crippen LogP contribution >= 0.6 is 0 Å². The first-order valence-electron chi connectivity index (χ1n) is 4.98. The fourth-order valence-corrected chi connectivity index (χ4v) is 1.93. The predicted molar refractivity (Wildman–Crippen MR) is 57.5 cm³/mol. The Morgan fingerprint density at radius 3 is 3.00 bits per heavy atom. The van der Waals surface area contributed by atoms with Gasteiger partial charge < -0.3 is 10.6 Å². The van der Waals surface area contributed by atoms with E-state index in [2.05, 4.69) is 10.6 Å². The molecule has 1 fully saturated rings. The van der Waals surface area contributed by atoms with Crippen molar-refractivity contribution in [2.45, 2.75) is 12.8 Å². The second kappa shape index (κ2) is 6.14. The smallest absolute Gasteiger partial charge is 0.224 e. The minimum Gasteiger partial charge on any atom is -0.355 e. The van der Waals surface area contributed by atoms with Crippen molar-refractivity contribution >= 4 is 16.7 Å². The number of carbonyl (C=O) groups excluding carboxylic acids is 1. The molecule has 2 N–H and O–H groups in total. The molecule has 0 bridgehead atoms. The largest absolute Gasteiger partial charge is 0.355 e. The van der Waals surface area contributed by atoms with E-state index in [0.717, 1.165) is 25.9 Å². The van der Waals surface area contributed by atoms with Gasteiger partial charge in [0.2, 0.25) is 5.91 Å². The zero-order chi connectivity index (χ0) is 10.4. The molecule has 1 rings (SSSR count). The molecule has 5 heteroatoms. The van der Waals surface area contributed by atoms with Crippen LogP contribution in [0, 0.1) is 5.92 Å². The summed E-state index contributed by atoms with van der Waals surface area (Å²) in [5.74, 6) is 0.753. The first-order chi connectivity index (χ1) is 6.70. The SMILES string of the molecule is CS(=O)CCNC(=O)[C@@H]1CCCNC1. The molecule has 82 valence electrons. The molecule has 0 aromatic rings. The van der Waals surface area contributed by atoms with Crippen LogP contribution in [-0.2, 0) is 15.6 Å². The van der Waals surface area contributed by atoms with Gasteiger partial charge in [-0.15, -0.1) is 0 Å². The molecule has 14 heavy (non-hydrogen) atoms. The minimum atomic E-state index is -0.817. The fraction of sp³-hybridized carbons (Fsp3) is 0.889. The summed E-state index contributed by atoms with van der Waals surface area (Å²) in [4.78, 5) is 11.5. The summed E-state index contributed by atoms with van der Waals surface area (Å²) in [6, 6.07) is 0. The highest BCUT2D eigenvalue weighted by Gasteiger charge is 2.19. The molecule has 1 heterocycles. The average molecular weight is 218 g/mol. The summed E-state index contributed by atoms with van der Waals surface area (Å²) >= 11 is 0. The van der Waals surface area contributed by atoms with E-state index in [1.807, 2.05) is 0 Å². The Kier molecular flexibility index (Phi) is 5.11. The number of rotatable bonds is 4. The molecule has 0 aromatic heterocycles. The van der Waals surface area contributed by atoms with Crippen molar-refractivity contribution in [3.8, 4) is 0 Å². The lowest BCUT2D eigenvalue weighted by molar-refractivity contribution is -0.125. The van der Waals surface area contributed by atoms with E-state index < -0.39 is 10.8 Å². The maximum atomic E-state index is 11.5. The van der Waals surface area contributed by atoms with Gasteiger partial charge in [0.05, 0.1) is 5.92 Å². The van der Waals surface area contributed by atoms with Crippen molar-refractivity contribution in [1.29, 1.82) is 0 Å². The van der Waals surface area contributed by atoms with Crippen molar-refractivity contribution in [2.75, 3.05) is 31.6 Å². The van der Waals surface area contributed by atoms with Gasteiger partial charge in [-0.25, -0.2) is 0 Å². The number of piperidine rings is 1. The molecule has 1 saturated heterocycles. The van der Waals surface area contributed by atoms with Gasteiger partial charge in [-0.1, -0.05) is 0 Å². The van der Waals surface area contributed by atoms with Gasteiger partial charge in [-0.3, -0.25) is 9.00 Å². The van der Waals surface area contributed by atoms with E-state index in [0.29, 0.717) is 12.3 Å². The van der Waals surface area contributed by atoms with Gasteiger partial charge in [-0.2, -0.15) is 0 Å². The number of nitrogens with one attached hydrogen (secondary N) is 2. The van der Waals surface area contributed by atoms with Crippen LogP contribution in [0.2, 0.25) is 0 Å².